The molecule has 1 saturated heterocycles. The number of carbonyl (C=O) groups excluding carboxylic acids is 1. The molecule has 138 valence electrons. The van der Waals surface area contributed by atoms with E-state index in [4.69, 9.17) is 5.10 Å². The fourth-order valence-corrected chi connectivity index (χ4v) is 4.38. The van der Waals surface area contributed by atoms with Gasteiger partial charge in [-0.3, -0.25) is 4.79 Å². The molecular formula is C21H28N4O. The molecule has 2 unspecified atom stereocenters. The first-order chi connectivity index (χ1) is 12.5. The molecule has 1 fully saturated rings. The monoisotopic (exact) mass is 352 g/mol. The summed E-state index contributed by atoms with van der Waals surface area (Å²) < 4.78 is 2.01. The quantitative estimate of drug-likeness (QED) is 0.893. The zero-order chi connectivity index (χ0) is 18.3. The molecule has 0 radical (unpaired) electrons. The van der Waals surface area contributed by atoms with Crippen LogP contribution in [0.1, 0.15) is 59.1 Å². The van der Waals surface area contributed by atoms with Gasteiger partial charge in [0.05, 0.1) is 5.69 Å². The molecule has 0 bridgehead atoms. The first kappa shape index (κ1) is 17.3. The van der Waals surface area contributed by atoms with Crippen molar-refractivity contribution in [1.82, 2.24) is 20.4 Å². The fraction of sp³-hybridized carbons (Fsp3) is 0.524. The highest BCUT2D eigenvalue weighted by Gasteiger charge is 2.29. The van der Waals surface area contributed by atoms with Crippen molar-refractivity contribution in [2.45, 2.75) is 65.0 Å². The van der Waals surface area contributed by atoms with Gasteiger partial charge in [-0.15, -0.1) is 0 Å². The van der Waals surface area contributed by atoms with Crippen LogP contribution in [-0.2, 0) is 12.8 Å². The van der Waals surface area contributed by atoms with Crippen LogP contribution in [0, 0.1) is 13.8 Å². The van der Waals surface area contributed by atoms with Crippen molar-refractivity contribution in [2.24, 2.45) is 0 Å². The van der Waals surface area contributed by atoms with Crippen LogP contribution in [0.25, 0.3) is 5.69 Å². The number of benzene rings is 1. The predicted octanol–water partition coefficient (Wildman–Crippen LogP) is 2.85. The largest absolute Gasteiger partial charge is 0.348 e. The molecule has 0 spiro atoms. The molecule has 5 nitrogen and oxygen atoms in total. The van der Waals surface area contributed by atoms with Crippen LogP contribution in [0.2, 0.25) is 0 Å². The Kier molecular flexibility index (Phi) is 4.57. The number of nitrogens with one attached hydrogen (secondary N) is 2. The first-order valence-electron chi connectivity index (χ1n) is 9.75. The molecule has 1 amide bonds. The number of aryl methyl sites for hydroxylation is 2. The van der Waals surface area contributed by atoms with E-state index >= 15 is 0 Å². The Hall–Kier alpha value is -2.14. The van der Waals surface area contributed by atoms with Crippen molar-refractivity contribution in [3.8, 4) is 5.69 Å². The van der Waals surface area contributed by atoms with Gasteiger partial charge >= 0.3 is 0 Å². The van der Waals surface area contributed by atoms with Crippen molar-refractivity contribution in [3.63, 3.8) is 0 Å². The second-order valence-corrected chi connectivity index (χ2v) is 7.88. The van der Waals surface area contributed by atoms with E-state index in [1.165, 1.54) is 16.8 Å². The minimum Gasteiger partial charge on any atom is -0.348 e. The Morgan fingerprint density at radius 2 is 2.15 bits per heavy atom. The number of aromatic nitrogens is 2. The average Bonchev–Trinajstić information content (AvgIpc) is 3.17. The van der Waals surface area contributed by atoms with E-state index in [9.17, 15) is 4.79 Å². The molecule has 1 aliphatic carbocycles. The standard InChI is InChI=1S/C21H28N4O/c1-13-7-8-18(14(2)11-13)25-19-6-4-5-17(19)20(24-25)21(26)23-16-9-10-22-15(3)12-16/h7-8,11,15-16,22H,4-6,9-10,12H2,1-3H3,(H,23,26). The Morgan fingerprint density at radius 3 is 2.92 bits per heavy atom. The van der Waals surface area contributed by atoms with Crippen molar-refractivity contribution in [1.29, 1.82) is 0 Å². The molecular weight excluding hydrogens is 324 g/mol. The van der Waals surface area contributed by atoms with Gasteiger partial charge in [0.15, 0.2) is 5.69 Å². The third-order valence-electron chi connectivity index (χ3n) is 5.68. The molecule has 2 aromatic rings. The van der Waals surface area contributed by atoms with Crippen LogP contribution in [0.4, 0.5) is 0 Å². The van der Waals surface area contributed by atoms with Crippen molar-refractivity contribution in [3.05, 3.63) is 46.3 Å². The van der Waals surface area contributed by atoms with Gasteiger partial charge in [-0.1, -0.05) is 17.7 Å². The van der Waals surface area contributed by atoms with Crippen molar-refractivity contribution < 1.29 is 4.79 Å². The summed E-state index contributed by atoms with van der Waals surface area (Å²) in [7, 11) is 0. The number of fused-ring (bicyclic) bond motifs is 1. The highest BCUT2D eigenvalue weighted by molar-refractivity contribution is 5.94. The summed E-state index contributed by atoms with van der Waals surface area (Å²) in [6, 6.07) is 7.09. The minimum absolute atomic E-state index is 0.00855. The first-order valence-corrected chi connectivity index (χ1v) is 9.75. The maximum atomic E-state index is 13.0. The molecule has 1 aromatic carbocycles. The summed E-state index contributed by atoms with van der Waals surface area (Å²) in [5, 5.41) is 11.4. The van der Waals surface area contributed by atoms with E-state index in [1.54, 1.807) is 0 Å². The van der Waals surface area contributed by atoms with Crippen LogP contribution in [-0.4, -0.2) is 34.3 Å². The number of carbonyl (C=O) groups is 1. The van der Waals surface area contributed by atoms with Crippen LogP contribution < -0.4 is 10.6 Å². The molecule has 1 aromatic heterocycles. The SMILES string of the molecule is Cc1ccc(-n2nc(C(=O)NC3CCNC(C)C3)c3c2CCC3)c(C)c1. The van der Waals surface area contributed by atoms with Gasteiger partial charge < -0.3 is 10.6 Å². The van der Waals surface area contributed by atoms with Gasteiger partial charge in [0.2, 0.25) is 0 Å². The summed E-state index contributed by atoms with van der Waals surface area (Å²) in [4.78, 5) is 13.0. The van der Waals surface area contributed by atoms with E-state index in [1.807, 2.05) is 4.68 Å². The lowest BCUT2D eigenvalue weighted by Crippen LogP contribution is -2.46. The zero-order valence-electron chi connectivity index (χ0n) is 15.9. The highest BCUT2D eigenvalue weighted by atomic mass is 16.2. The van der Waals surface area contributed by atoms with Gasteiger partial charge in [0, 0.05) is 23.3 Å². The van der Waals surface area contributed by atoms with Crippen LogP contribution in [0.3, 0.4) is 0 Å². The summed E-state index contributed by atoms with van der Waals surface area (Å²) >= 11 is 0. The van der Waals surface area contributed by atoms with Crippen LogP contribution >= 0.6 is 0 Å². The number of hydrogen-bond acceptors (Lipinski definition) is 3. The Balaban J connectivity index is 1.64. The van der Waals surface area contributed by atoms with Crippen molar-refractivity contribution >= 4 is 5.91 Å². The molecule has 2 aliphatic rings. The molecule has 0 saturated carbocycles. The zero-order valence-corrected chi connectivity index (χ0v) is 15.9. The van der Waals surface area contributed by atoms with Crippen LogP contribution in [0.15, 0.2) is 18.2 Å². The van der Waals surface area contributed by atoms with E-state index < -0.39 is 0 Å². The number of rotatable bonds is 3. The second-order valence-electron chi connectivity index (χ2n) is 7.88. The molecule has 2 heterocycles. The maximum absolute atomic E-state index is 13.0. The Bertz CT molecular complexity index is 839. The summed E-state index contributed by atoms with van der Waals surface area (Å²) in [5.74, 6) is -0.00855. The fourth-order valence-electron chi connectivity index (χ4n) is 4.38. The summed E-state index contributed by atoms with van der Waals surface area (Å²) in [6.07, 6.45) is 5.00. The average molecular weight is 352 g/mol. The van der Waals surface area contributed by atoms with Crippen molar-refractivity contribution in [2.75, 3.05) is 6.54 Å². The number of hydrogen-bond donors (Lipinski definition) is 2. The molecule has 26 heavy (non-hydrogen) atoms. The third-order valence-corrected chi connectivity index (χ3v) is 5.68. The summed E-state index contributed by atoms with van der Waals surface area (Å²) in [6.45, 7) is 7.34. The number of piperidine rings is 1. The molecule has 4 rings (SSSR count). The molecule has 2 N–H and O–H groups in total. The van der Waals surface area contributed by atoms with Gasteiger partial charge in [0.25, 0.3) is 5.91 Å². The minimum atomic E-state index is -0.00855. The summed E-state index contributed by atoms with van der Waals surface area (Å²) in [5.41, 5.74) is 6.51. The van der Waals surface area contributed by atoms with E-state index in [0.29, 0.717) is 11.7 Å². The molecule has 1 aliphatic heterocycles. The third kappa shape index (κ3) is 3.16. The smallest absolute Gasteiger partial charge is 0.272 e. The number of nitrogens with zero attached hydrogens (tertiary/aromatic N) is 2. The normalized spacial score (nSPS) is 22.3. The van der Waals surface area contributed by atoms with E-state index in [-0.39, 0.29) is 11.9 Å². The van der Waals surface area contributed by atoms with E-state index in [2.05, 4.69) is 49.6 Å². The van der Waals surface area contributed by atoms with Crippen LogP contribution in [0.5, 0.6) is 0 Å². The van der Waals surface area contributed by atoms with Gasteiger partial charge in [-0.05, 0) is 71.0 Å². The maximum Gasteiger partial charge on any atom is 0.272 e. The lowest BCUT2D eigenvalue weighted by Gasteiger charge is -2.28. The van der Waals surface area contributed by atoms with Gasteiger partial charge in [-0.2, -0.15) is 5.10 Å². The second kappa shape index (κ2) is 6.88. The Morgan fingerprint density at radius 1 is 1.31 bits per heavy atom. The number of amides is 1. The topological polar surface area (TPSA) is 59.0 Å². The molecule has 2 atom stereocenters. The predicted molar refractivity (Wildman–Crippen MR) is 103 cm³/mol. The highest BCUT2D eigenvalue weighted by Crippen LogP contribution is 2.29. The lowest BCUT2D eigenvalue weighted by atomic mass is 10.0. The Labute approximate surface area is 155 Å². The van der Waals surface area contributed by atoms with E-state index in [0.717, 1.165) is 49.9 Å². The van der Waals surface area contributed by atoms with Gasteiger partial charge in [0.1, 0.15) is 0 Å². The van der Waals surface area contributed by atoms with Gasteiger partial charge in [-0.25, -0.2) is 4.68 Å². The lowest BCUT2D eigenvalue weighted by molar-refractivity contribution is 0.0919. The molecule has 5 heteroatoms.